The van der Waals surface area contributed by atoms with Gasteiger partial charge in [-0.1, -0.05) is 48.5 Å². The number of amides is 2. The number of morpholine rings is 1. The van der Waals surface area contributed by atoms with E-state index in [1.807, 2.05) is 64.4 Å². The standard InChI is InChI=1S/C26H26N2O4/c29-25-21-10-5-4-9-20(21)23(26(30)27-14-17-31-18-15-27)24(22-11-6-16-32-22)28(25)13-12-19-7-2-1-3-8-19/h1-11,16,23-24H,12-15,17-18H2/t23-,24+/m1/s1. The van der Waals surface area contributed by atoms with Crippen LogP contribution in [0.1, 0.15) is 39.2 Å². The van der Waals surface area contributed by atoms with Gasteiger partial charge >= 0.3 is 0 Å². The minimum Gasteiger partial charge on any atom is -0.467 e. The zero-order valence-corrected chi connectivity index (χ0v) is 17.9. The molecule has 2 aliphatic heterocycles. The molecule has 164 valence electrons. The lowest BCUT2D eigenvalue weighted by atomic mass is 9.80. The highest BCUT2D eigenvalue weighted by molar-refractivity contribution is 6.01. The van der Waals surface area contributed by atoms with E-state index in [0.717, 1.165) is 11.1 Å². The molecule has 6 heteroatoms. The Morgan fingerprint density at radius 2 is 1.69 bits per heavy atom. The number of furan rings is 1. The van der Waals surface area contributed by atoms with Gasteiger partial charge < -0.3 is 19.0 Å². The third-order valence-corrected chi connectivity index (χ3v) is 6.35. The van der Waals surface area contributed by atoms with Crippen LogP contribution in [0.2, 0.25) is 0 Å². The maximum atomic E-state index is 13.8. The molecule has 0 saturated carbocycles. The van der Waals surface area contributed by atoms with Crippen molar-refractivity contribution in [2.45, 2.75) is 18.4 Å². The minimum absolute atomic E-state index is 0.0133. The summed E-state index contributed by atoms with van der Waals surface area (Å²) in [5.74, 6) is 0.0553. The normalized spacial score (nSPS) is 20.8. The summed E-state index contributed by atoms with van der Waals surface area (Å²) in [6.07, 6.45) is 2.30. The fourth-order valence-electron chi connectivity index (χ4n) is 4.75. The predicted octanol–water partition coefficient (Wildman–Crippen LogP) is 3.66. The maximum Gasteiger partial charge on any atom is 0.254 e. The monoisotopic (exact) mass is 430 g/mol. The molecule has 3 heterocycles. The van der Waals surface area contributed by atoms with Crippen molar-refractivity contribution in [2.75, 3.05) is 32.8 Å². The summed E-state index contributed by atoms with van der Waals surface area (Å²) >= 11 is 0. The van der Waals surface area contributed by atoms with Crippen LogP contribution < -0.4 is 0 Å². The summed E-state index contributed by atoms with van der Waals surface area (Å²) in [7, 11) is 0. The molecule has 0 bridgehead atoms. The summed E-state index contributed by atoms with van der Waals surface area (Å²) in [6, 6.07) is 20.7. The Morgan fingerprint density at radius 1 is 0.938 bits per heavy atom. The van der Waals surface area contributed by atoms with Crippen molar-refractivity contribution in [1.29, 1.82) is 0 Å². The molecule has 6 nitrogen and oxygen atoms in total. The van der Waals surface area contributed by atoms with Crippen LogP contribution in [0.4, 0.5) is 0 Å². The summed E-state index contributed by atoms with van der Waals surface area (Å²) in [4.78, 5) is 31.1. The van der Waals surface area contributed by atoms with Crippen molar-refractivity contribution < 1.29 is 18.7 Å². The fraction of sp³-hybridized carbons (Fsp3) is 0.308. The molecular formula is C26H26N2O4. The Labute approximate surface area is 187 Å². The van der Waals surface area contributed by atoms with Gasteiger partial charge in [-0.25, -0.2) is 0 Å². The van der Waals surface area contributed by atoms with Crippen LogP contribution in [0.15, 0.2) is 77.4 Å². The first kappa shape index (κ1) is 20.5. The molecule has 0 N–H and O–H groups in total. The average Bonchev–Trinajstić information content (AvgIpc) is 3.39. The first-order valence-corrected chi connectivity index (χ1v) is 11.1. The van der Waals surface area contributed by atoms with E-state index < -0.39 is 12.0 Å². The second-order valence-corrected chi connectivity index (χ2v) is 8.20. The van der Waals surface area contributed by atoms with E-state index in [2.05, 4.69) is 12.1 Å². The first-order chi connectivity index (χ1) is 15.7. The van der Waals surface area contributed by atoms with E-state index >= 15 is 0 Å². The lowest BCUT2D eigenvalue weighted by Crippen LogP contribution is -2.50. The van der Waals surface area contributed by atoms with Gasteiger partial charge in [0.1, 0.15) is 11.8 Å². The van der Waals surface area contributed by atoms with E-state index in [1.54, 1.807) is 6.26 Å². The molecule has 1 aromatic heterocycles. The Kier molecular flexibility index (Phi) is 5.77. The Balaban J connectivity index is 1.56. The third-order valence-electron chi connectivity index (χ3n) is 6.35. The molecular weight excluding hydrogens is 404 g/mol. The lowest BCUT2D eigenvalue weighted by molar-refractivity contribution is -0.139. The van der Waals surface area contributed by atoms with Gasteiger partial charge in [0.2, 0.25) is 5.91 Å². The molecule has 1 fully saturated rings. The van der Waals surface area contributed by atoms with Gasteiger partial charge in [0.05, 0.1) is 25.4 Å². The number of ether oxygens (including phenoxy) is 1. The number of rotatable bonds is 5. The van der Waals surface area contributed by atoms with Crippen LogP contribution in [-0.4, -0.2) is 54.5 Å². The fourth-order valence-corrected chi connectivity index (χ4v) is 4.75. The zero-order valence-electron chi connectivity index (χ0n) is 17.9. The summed E-state index contributed by atoms with van der Waals surface area (Å²) in [5, 5.41) is 0. The van der Waals surface area contributed by atoms with Crippen molar-refractivity contribution in [1.82, 2.24) is 9.80 Å². The molecule has 5 rings (SSSR count). The van der Waals surface area contributed by atoms with Crippen molar-refractivity contribution >= 4 is 11.8 Å². The highest BCUT2D eigenvalue weighted by Gasteiger charge is 2.46. The predicted molar refractivity (Wildman–Crippen MR) is 119 cm³/mol. The van der Waals surface area contributed by atoms with Crippen molar-refractivity contribution in [3.8, 4) is 0 Å². The third kappa shape index (κ3) is 3.82. The van der Waals surface area contributed by atoms with E-state index in [4.69, 9.17) is 9.15 Å². The van der Waals surface area contributed by atoms with Gasteiger partial charge in [-0.15, -0.1) is 0 Å². The highest BCUT2D eigenvalue weighted by atomic mass is 16.5. The molecule has 32 heavy (non-hydrogen) atoms. The van der Waals surface area contributed by atoms with Crippen molar-refractivity contribution in [3.63, 3.8) is 0 Å². The van der Waals surface area contributed by atoms with Crippen LogP contribution in [0.25, 0.3) is 0 Å². The molecule has 3 aromatic rings. The molecule has 0 spiro atoms. The van der Waals surface area contributed by atoms with E-state index in [1.165, 1.54) is 0 Å². The van der Waals surface area contributed by atoms with Crippen molar-refractivity contribution in [2.24, 2.45) is 0 Å². The smallest absolute Gasteiger partial charge is 0.254 e. The molecule has 2 atom stereocenters. The SMILES string of the molecule is O=C([C@@H]1c2ccccc2C(=O)N(CCc2ccccc2)[C@H]1c1ccco1)N1CCOCC1. The maximum absolute atomic E-state index is 13.8. The van der Waals surface area contributed by atoms with Crippen LogP contribution in [0, 0.1) is 0 Å². The second-order valence-electron chi connectivity index (χ2n) is 8.20. The van der Waals surface area contributed by atoms with E-state index in [-0.39, 0.29) is 11.8 Å². The molecule has 2 amide bonds. The Morgan fingerprint density at radius 3 is 2.44 bits per heavy atom. The summed E-state index contributed by atoms with van der Waals surface area (Å²) < 4.78 is 11.3. The van der Waals surface area contributed by atoms with Gasteiger partial charge in [0, 0.05) is 25.2 Å². The molecule has 0 radical (unpaired) electrons. The Hall–Kier alpha value is -3.38. The van der Waals surface area contributed by atoms with Crippen LogP contribution in [-0.2, 0) is 16.0 Å². The van der Waals surface area contributed by atoms with Crippen LogP contribution >= 0.6 is 0 Å². The van der Waals surface area contributed by atoms with Gasteiger partial charge in [-0.3, -0.25) is 9.59 Å². The minimum atomic E-state index is -0.524. The summed E-state index contributed by atoms with van der Waals surface area (Å²) in [6.45, 7) is 2.67. The topological polar surface area (TPSA) is 63.0 Å². The van der Waals surface area contributed by atoms with E-state index in [0.29, 0.717) is 50.6 Å². The molecule has 1 saturated heterocycles. The largest absolute Gasteiger partial charge is 0.467 e. The van der Waals surface area contributed by atoms with Gasteiger partial charge in [0.25, 0.3) is 5.91 Å². The quantitative estimate of drug-likeness (QED) is 0.620. The number of carbonyl (C=O) groups excluding carboxylic acids is 2. The van der Waals surface area contributed by atoms with Gasteiger partial charge in [0.15, 0.2) is 0 Å². The number of carbonyl (C=O) groups is 2. The van der Waals surface area contributed by atoms with Crippen molar-refractivity contribution in [3.05, 3.63) is 95.4 Å². The number of nitrogens with zero attached hydrogens (tertiary/aromatic N) is 2. The number of benzene rings is 2. The summed E-state index contributed by atoms with van der Waals surface area (Å²) in [5.41, 5.74) is 2.51. The lowest BCUT2D eigenvalue weighted by Gasteiger charge is -2.42. The van der Waals surface area contributed by atoms with Crippen LogP contribution in [0.3, 0.4) is 0 Å². The second kappa shape index (κ2) is 9.01. The zero-order chi connectivity index (χ0) is 21.9. The van der Waals surface area contributed by atoms with Crippen LogP contribution in [0.5, 0.6) is 0 Å². The molecule has 0 unspecified atom stereocenters. The molecule has 2 aromatic carbocycles. The number of hydrogen-bond donors (Lipinski definition) is 0. The highest BCUT2D eigenvalue weighted by Crippen LogP contribution is 2.44. The Bertz CT molecular complexity index is 1070. The average molecular weight is 431 g/mol. The number of hydrogen-bond acceptors (Lipinski definition) is 4. The molecule has 2 aliphatic rings. The van der Waals surface area contributed by atoms with Gasteiger partial charge in [-0.2, -0.15) is 0 Å². The van der Waals surface area contributed by atoms with E-state index in [9.17, 15) is 9.59 Å². The molecule has 0 aliphatic carbocycles. The number of fused-ring (bicyclic) bond motifs is 1. The first-order valence-electron chi connectivity index (χ1n) is 11.1. The van der Waals surface area contributed by atoms with Gasteiger partial charge in [-0.05, 0) is 35.7 Å².